The first kappa shape index (κ1) is 13.0. The van der Waals surface area contributed by atoms with E-state index in [4.69, 9.17) is 0 Å². The van der Waals surface area contributed by atoms with Crippen molar-refractivity contribution in [1.29, 1.82) is 0 Å². The second-order valence-corrected chi connectivity index (χ2v) is 6.78. The largest absolute Gasteiger partial charge is 0.306 e. The van der Waals surface area contributed by atoms with E-state index in [0.29, 0.717) is 5.41 Å². The molecule has 1 nitrogen and oxygen atoms in total. The van der Waals surface area contributed by atoms with E-state index in [1.54, 1.807) is 0 Å². The first-order valence-corrected chi connectivity index (χ1v) is 6.51. The lowest BCUT2D eigenvalue weighted by molar-refractivity contribution is 0.0612. The van der Waals surface area contributed by atoms with E-state index in [1.807, 2.05) is 0 Å². The Morgan fingerprint density at radius 3 is 1.87 bits per heavy atom. The van der Waals surface area contributed by atoms with Gasteiger partial charge in [-0.1, -0.05) is 34.6 Å². The Bertz CT molecular complexity index is 182. The average Bonchev–Trinajstić information content (AvgIpc) is 2.05. The van der Waals surface area contributed by atoms with Crippen LogP contribution in [0, 0.1) is 23.2 Å². The van der Waals surface area contributed by atoms with Crippen molar-refractivity contribution in [2.75, 3.05) is 20.1 Å². The molecule has 1 fully saturated rings. The Morgan fingerprint density at radius 1 is 1.07 bits per heavy atom. The fourth-order valence-electron chi connectivity index (χ4n) is 3.64. The number of hydrogen-bond acceptors (Lipinski definition) is 1. The summed E-state index contributed by atoms with van der Waals surface area (Å²) >= 11 is 0. The number of rotatable bonds is 2. The molecule has 1 heterocycles. The van der Waals surface area contributed by atoms with Gasteiger partial charge in [0.2, 0.25) is 0 Å². The molecule has 0 radical (unpaired) electrons. The fourth-order valence-corrected chi connectivity index (χ4v) is 3.64. The second kappa shape index (κ2) is 4.86. The normalized spacial score (nSPS) is 23.4. The minimum Gasteiger partial charge on any atom is -0.306 e. The molecule has 1 saturated heterocycles. The molecule has 1 aliphatic rings. The van der Waals surface area contributed by atoms with E-state index < -0.39 is 0 Å². The fraction of sp³-hybridized carbons (Fsp3) is 1.00. The van der Waals surface area contributed by atoms with Gasteiger partial charge < -0.3 is 4.90 Å². The molecule has 0 N–H and O–H groups in total. The summed E-state index contributed by atoms with van der Waals surface area (Å²) in [5, 5.41) is 0. The van der Waals surface area contributed by atoms with Crippen LogP contribution in [0.1, 0.15) is 47.5 Å². The number of likely N-dealkylation sites (tertiary alicyclic amines) is 1. The highest BCUT2D eigenvalue weighted by atomic mass is 15.1. The predicted molar refractivity (Wildman–Crippen MR) is 68.0 cm³/mol. The smallest absolute Gasteiger partial charge is 0.00190 e. The topological polar surface area (TPSA) is 3.24 Å². The van der Waals surface area contributed by atoms with Gasteiger partial charge in [0.05, 0.1) is 0 Å². The van der Waals surface area contributed by atoms with E-state index >= 15 is 0 Å². The van der Waals surface area contributed by atoms with Crippen LogP contribution in [0.3, 0.4) is 0 Å². The maximum Gasteiger partial charge on any atom is -0.00190 e. The predicted octanol–water partition coefficient (Wildman–Crippen LogP) is 3.65. The summed E-state index contributed by atoms with van der Waals surface area (Å²) in [4.78, 5) is 2.47. The molecular weight excluding hydrogens is 182 g/mol. The van der Waals surface area contributed by atoms with Crippen LogP contribution in [0.25, 0.3) is 0 Å². The summed E-state index contributed by atoms with van der Waals surface area (Å²) in [6.45, 7) is 14.6. The Hall–Kier alpha value is -0.0400. The minimum atomic E-state index is 0.467. The van der Waals surface area contributed by atoms with Gasteiger partial charge in [0.1, 0.15) is 0 Å². The molecule has 1 heteroatoms. The van der Waals surface area contributed by atoms with Crippen LogP contribution in [0.15, 0.2) is 0 Å². The van der Waals surface area contributed by atoms with Crippen LogP contribution >= 0.6 is 0 Å². The van der Waals surface area contributed by atoms with Gasteiger partial charge in [0.15, 0.2) is 0 Å². The van der Waals surface area contributed by atoms with Gasteiger partial charge >= 0.3 is 0 Å². The van der Waals surface area contributed by atoms with Crippen LogP contribution in [-0.4, -0.2) is 25.0 Å². The molecule has 1 aliphatic heterocycles. The highest BCUT2D eigenvalue weighted by Gasteiger charge is 2.35. The number of nitrogens with zero attached hydrogens (tertiary/aromatic N) is 1. The summed E-state index contributed by atoms with van der Waals surface area (Å²) in [6, 6.07) is 0. The third-order valence-corrected chi connectivity index (χ3v) is 3.99. The van der Waals surface area contributed by atoms with Gasteiger partial charge in [-0.3, -0.25) is 0 Å². The molecule has 0 aromatic rings. The lowest BCUT2D eigenvalue weighted by atomic mass is 9.65. The maximum absolute atomic E-state index is 2.47. The van der Waals surface area contributed by atoms with Gasteiger partial charge in [0, 0.05) is 0 Å². The number of hydrogen-bond donors (Lipinski definition) is 0. The third kappa shape index (κ3) is 3.48. The molecule has 1 rings (SSSR count). The van der Waals surface area contributed by atoms with Gasteiger partial charge in [-0.25, -0.2) is 0 Å². The van der Waals surface area contributed by atoms with Crippen molar-refractivity contribution < 1.29 is 0 Å². The molecular formula is C14H29N. The quantitative estimate of drug-likeness (QED) is 0.674. The molecule has 15 heavy (non-hydrogen) atoms. The van der Waals surface area contributed by atoms with Crippen LogP contribution in [0.5, 0.6) is 0 Å². The van der Waals surface area contributed by atoms with E-state index in [1.165, 1.54) is 25.9 Å². The number of piperidine rings is 1. The Morgan fingerprint density at radius 2 is 1.53 bits per heavy atom. The van der Waals surface area contributed by atoms with Gasteiger partial charge in [-0.2, -0.15) is 0 Å². The first-order valence-electron chi connectivity index (χ1n) is 6.51. The van der Waals surface area contributed by atoms with Gasteiger partial charge in [-0.05, 0) is 56.1 Å². The monoisotopic (exact) mass is 211 g/mol. The van der Waals surface area contributed by atoms with Crippen LogP contribution < -0.4 is 0 Å². The summed E-state index contributed by atoms with van der Waals surface area (Å²) in [7, 11) is 2.25. The zero-order chi connectivity index (χ0) is 11.6. The zero-order valence-electron chi connectivity index (χ0n) is 11.5. The Kier molecular flexibility index (Phi) is 4.22. The highest BCUT2D eigenvalue weighted by Crippen LogP contribution is 2.41. The van der Waals surface area contributed by atoms with Crippen LogP contribution in [-0.2, 0) is 0 Å². The standard InChI is InChI=1S/C14H29N/c1-11(2)13(14(3,4)5)12-7-9-15(6)10-8-12/h11-13H,7-10H2,1-6H3/t13-/m0/s1. The summed E-state index contributed by atoms with van der Waals surface area (Å²) in [5.41, 5.74) is 0.467. The first-order chi connectivity index (χ1) is 6.82. The Labute approximate surface area is 96.2 Å². The van der Waals surface area contributed by atoms with E-state index in [0.717, 1.165) is 17.8 Å². The molecule has 0 bridgehead atoms. The van der Waals surface area contributed by atoms with Crippen molar-refractivity contribution in [1.82, 2.24) is 4.90 Å². The van der Waals surface area contributed by atoms with Gasteiger partial charge in [0.25, 0.3) is 0 Å². The van der Waals surface area contributed by atoms with Crippen molar-refractivity contribution in [3.05, 3.63) is 0 Å². The van der Waals surface area contributed by atoms with Gasteiger partial charge in [-0.15, -0.1) is 0 Å². The van der Waals surface area contributed by atoms with Crippen molar-refractivity contribution in [3.63, 3.8) is 0 Å². The maximum atomic E-state index is 2.47. The molecule has 1 atom stereocenters. The molecule has 0 aromatic heterocycles. The molecule has 0 saturated carbocycles. The summed E-state index contributed by atoms with van der Waals surface area (Å²) < 4.78 is 0. The minimum absolute atomic E-state index is 0.467. The lowest BCUT2D eigenvalue weighted by Crippen LogP contribution is -2.39. The van der Waals surface area contributed by atoms with Crippen molar-refractivity contribution >= 4 is 0 Å². The lowest BCUT2D eigenvalue weighted by Gasteiger charge is -2.43. The Balaban J connectivity index is 2.65. The molecule has 0 unspecified atom stereocenters. The van der Waals surface area contributed by atoms with E-state index in [9.17, 15) is 0 Å². The van der Waals surface area contributed by atoms with E-state index in [2.05, 4.69) is 46.6 Å². The van der Waals surface area contributed by atoms with Crippen molar-refractivity contribution in [2.24, 2.45) is 23.2 Å². The molecule has 0 amide bonds. The zero-order valence-corrected chi connectivity index (χ0v) is 11.5. The summed E-state index contributed by atoms with van der Waals surface area (Å²) in [6.07, 6.45) is 2.80. The molecule has 0 aromatic carbocycles. The second-order valence-electron chi connectivity index (χ2n) is 6.78. The molecule has 0 spiro atoms. The third-order valence-electron chi connectivity index (χ3n) is 3.99. The SMILES string of the molecule is CC(C)[C@@H](C1CCN(C)CC1)C(C)(C)C. The average molecular weight is 211 g/mol. The highest BCUT2D eigenvalue weighted by molar-refractivity contribution is 4.85. The van der Waals surface area contributed by atoms with Crippen molar-refractivity contribution in [3.8, 4) is 0 Å². The van der Waals surface area contributed by atoms with Crippen LogP contribution in [0.2, 0.25) is 0 Å². The molecule has 90 valence electrons. The summed E-state index contributed by atoms with van der Waals surface area (Å²) in [5.74, 6) is 2.64. The van der Waals surface area contributed by atoms with E-state index in [-0.39, 0.29) is 0 Å². The van der Waals surface area contributed by atoms with Crippen molar-refractivity contribution in [2.45, 2.75) is 47.5 Å². The van der Waals surface area contributed by atoms with Crippen LogP contribution in [0.4, 0.5) is 0 Å². The molecule has 0 aliphatic carbocycles.